The molecule has 0 saturated carbocycles. The first-order valence-corrected chi connectivity index (χ1v) is 6.98. The fraction of sp³-hybridized carbons (Fsp3) is 0.375. The number of aryl methyl sites for hydroxylation is 1. The van der Waals surface area contributed by atoms with Crippen molar-refractivity contribution in [2.24, 2.45) is 7.05 Å². The molecule has 0 fully saturated rings. The molecule has 2 aromatic rings. The fourth-order valence-electron chi connectivity index (χ4n) is 2.14. The quantitative estimate of drug-likeness (QED) is 0.838. The minimum Gasteiger partial charge on any atom is -0.340 e. The van der Waals surface area contributed by atoms with Crippen LogP contribution in [0.1, 0.15) is 30.3 Å². The lowest BCUT2D eigenvalue weighted by Crippen LogP contribution is -2.28. The predicted octanol–water partition coefficient (Wildman–Crippen LogP) is 2.96. The fourth-order valence-corrected chi connectivity index (χ4v) is 2.14. The van der Waals surface area contributed by atoms with E-state index >= 15 is 0 Å². The second-order valence-corrected chi connectivity index (χ2v) is 4.98. The molecule has 1 amide bonds. The Hall–Kier alpha value is -2.10. The molecule has 0 unspecified atom stereocenters. The maximum Gasteiger partial charge on any atom is 0.274 e. The average molecular weight is 271 g/mol. The number of carbonyl (C=O) groups is 1. The van der Waals surface area contributed by atoms with Crippen molar-refractivity contribution in [2.75, 3.05) is 13.6 Å². The number of aromatic nitrogens is 2. The molecule has 0 N–H and O–H groups in total. The number of benzene rings is 1. The van der Waals surface area contributed by atoms with Gasteiger partial charge in [-0.2, -0.15) is 5.10 Å². The Kier molecular flexibility index (Phi) is 4.56. The molecule has 1 heterocycles. The van der Waals surface area contributed by atoms with Crippen molar-refractivity contribution in [2.45, 2.75) is 19.8 Å². The molecule has 0 bridgehead atoms. The van der Waals surface area contributed by atoms with Crippen LogP contribution in [0.3, 0.4) is 0 Å². The van der Waals surface area contributed by atoms with Crippen molar-refractivity contribution in [3.05, 3.63) is 42.1 Å². The Labute approximate surface area is 120 Å². The van der Waals surface area contributed by atoms with Crippen molar-refractivity contribution in [1.82, 2.24) is 14.7 Å². The molecule has 0 spiro atoms. The Bertz CT molecular complexity index is 575. The molecule has 0 atom stereocenters. The van der Waals surface area contributed by atoms with Gasteiger partial charge in [-0.3, -0.25) is 9.48 Å². The molecule has 0 aliphatic carbocycles. The Balaban J connectivity index is 2.21. The highest BCUT2D eigenvalue weighted by atomic mass is 16.2. The van der Waals surface area contributed by atoms with Gasteiger partial charge < -0.3 is 4.90 Å². The Morgan fingerprint density at radius 3 is 2.65 bits per heavy atom. The lowest BCUT2D eigenvalue weighted by Gasteiger charge is -2.14. The van der Waals surface area contributed by atoms with Crippen LogP contribution in [-0.4, -0.2) is 34.2 Å². The normalized spacial score (nSPS) is 10.6. The van der Waals surface area contributed by atoms with E-state index in [9.17, 15) is 4.79 Å². The van der Waals surface area contributed by atoms with E-state index in [-0.39, 0.29) is 5.91 Å². The zero-order valence-electron chi connectivity index (χ0n) is 12.3. The van der Waals surface area contributed by atoms with Gasteiger partial charge in [0, 0.05) is 20.6 Å². The summed E-state index contributed by atoms with van der Waals surface area (Å²) in [5.74, 6) is -0.0174. The third-order valence-corrected chi connectivity index (χ3v) is 3.36. The summed E-state index contributed by atoms with van der Waals surface area (Å²) in [7, 11) is 3.69. The van der Waals surface area contributed by atoms with Crippen molar-refractivity contribution in [1.29, 1.82) is 0 Å². The number of unbranched alkanes of at least 4 members (excludes halogenated alkanes) is 1. The summed E-state index contributed by atoms with van der Waals surface area (Å²) >= 11 is 0. The third-order valence-electron chi connectivity index (χ3n) is 3.36. The summed E-state index contributed by atoms with van der Waals surface area (Å²) in [6, 6.07) is 11.8. The number of carbonyl (C=O) groups excluding carboxylic acids is 1. The van der Waals surface area contributed by atoms with E-state index in [1.165, 1.54) is 0 Å². The molecule has 4 heteroatoms. The van der Waals surface area contributed by atoms with Crippen LogP contribution in [0.25, 0.3) is 11.3 Å². The number of rotatable bonds is 5. The first-order valence-electron chi connectivity index (χ1n) is 6.98. The van der Waals surface area contributed by atoms with Gasteiger partial charge in [0.15, 0.2) is 5.69 Å². The first-order chi connectivity index (χ1) is 9.63. The molecule has 0 aliphatic heterocycles. The largest absolute Gasteiger partial charge is 0.340 e. The summed E-state index contributed by atoms with van der Waals surface area (Å²) in [5.41, 5.74) is 2.53. The van der Waals surface area contributed by atoms with Gasteiger partial charge in [0.2, 0.25) is 0 Å². The molecule has 20 heavy (non-hydrogen) atoms. The van der Waals surface area contributed by atoms with Crippen LogP contribution in [0.4, 0.5) is 0 Å². The zero-order chi connectivity index (χ0) is 14.5. The van der Waals surface area contributed by atoms with Gasteiger partial charge in [-0.25, -0.2) is 0 Å². The number of hydrogen-bond acceptors (Lipinski definition) is 2. The van der Waals surface area contributed by atoms with Gasteiger partial charge >= 0.3 is 0 Å². The second kappa shape index (κ2) is 6.37. The molecule has 0 aliphatic rings. The standard InChI is InChI=1S/C16H21N3O/c1-4-5-11-18(2)16(20)14-12-15(19(3)17-14)13-9-7-6-8-10-13/h6-10,12H,4-5,11H2,1-3H3. The van der Waals surface area contributed by atoms with Gasteiger partial charge in [-0.15, -0.1) is 0 Å². The summed E-state index contributed by atoms with van der Waals surface area (Å²) in [6.45, 7) is 2.89. The van der Waals surface area contributed by atoms with Gasteiger partial charge in [-0.05, 0) is 18.1 Å². The highest BCUT2D eigenvalue weighted by molar-refractivity contribution is 5.93. The number of nitrogens with zero attached hydrogens (tertiary/aromatic N) is 3. The molecule has 0 radical (unpaired) electrons. The van der Waals surface area contributed by atoms with E-state index in [4.69, 9.17) is 0 Å². The second-order valence-electron chi connectivity index (χ2n) is 4.98. The molecule has 106 valence electrons. The van der Waals surface area contributed by atoms with Crippen LogP contribution in [0, 0.1) is 0 Å². The maximum atomic E-state index is 12.3. The van der Waals surface area contributed by atoms with Crippen molar-refractivity contribution >= 4 is 5.91 Å². The Morgan fingerprint density at radius 1 is 1.30 bits per heavy atom. The number of amides is 1. The van der Waals surface area contributed by atoms with Crippen LogP contribution in [0.15, 0.2) is 36.4 Å². The van der Waals surface area contributed by atoms with Crippen molar-refractivity contribution < 1.29 is 4.79 Å². The van der Waals surface area contributed by atoms with Gasteiger partial charge in [0.25, 0.3) is 5.91 Å². The summed E-state index contributed by atoms with van der Waals surface area (Å²) in [5, 5.41) is 4.34. The van der Waals surface area contributed by atoms with Crippen LogP contribution in [-0.2, 0) is 7.05 Å². The highest BCUT2D eigenvalue weighted by Crippen LogP contribution is 2.19. The van der Waals surface area contributed by atoms with Crippen LogP contribution >= 0.6 is 0 Å². The summed E-state index contributed by atoms with van der Waals surface area (Å²) in [4.78, 5) is 14.0. The predicted molar refractivity (Wildman–Crippen MR) is 80.5 cm³/mol. The van der Waals surface area contributed by atoms with E-state index in [0.717, 1.165) is 30.6 Å². The first kappa shape index (κ1) is 14.3. The molecular weight excluding hydrogens is 250 g/mol. The molecule has 1 aromatic heterocycles. The molecule has 1 aromatic carbocycles. The number of hydrogen-bond donors (Lipinski definition) is 0. The average Bonchev–Trinajstić information content (AvgIpc) is 2.86. The van der Waals surface area contributed by atoms with Gasteiger partial charge in [0.1, 0.15) is 0 Å². The van der Waals surface area contributed by atoms with Crippen LogP contribution in [0.5, 0.6) is 0 Å². The lowest BCUT2D eigenvalue weighted by molar-refractivity contribution is 0.0786. The van der Waals surface area contributed by atoms with Crippen LogP contribution in [0.2, 0.25) is 0 Å². The van der Waals surface area contributed by atoms with Gasteiger partial charge in [-0.1, -0.05) is 43.7 Å². The summed E-state index contributed by atoms with van der Waals surface area (Å²) in [6.07, 6.45) is 2.09. The molecular formula is C16H21N3O. The minimum atomic E-state index is -0.0174. The maximum absolute atomic E-state index is 12.3. The minimum absolute atomic E-state index is 0.0174. The monoisotopic (exact) mass is 271 g/mol. The SMILES string of the molecule is CCCCN(C)C(=O)c1cc(-c2ccccc2)n(C)n1. The van der Waals surface area contributed by atoms with Crippen LogP contribution < -0.4 is 0 Å². The van der Waals surface area contributed by atoms with Crippen molar-refractivity contribution in [3.63, 3.8) is 0 Å². The van der Waals surface area contributed by atoms with Crippen molar-refractivity contribution in [3.8, 4) is 11.3 Å². The lowest BCUT2D eigenvalue weighted by atomic mass is 10.1. The molecule has 0 saturated heterocycles. The highest BCUT2D eigenvalue weighted by Gasteiger charge is 2.17. The van der Waals surface area contributed by atoms with E-state index in [1.54, 1.807) is 9.58 Å². The van der Waals surface area contributed by atoms with E-state index in [0.29, 0.717) is 5.69 Å². The molecule has 4 nitrogen and oxygen atoms in total. The van der Waals surface area contributed by atoms with E-state index in [1.807, 2.05) is 50.5 Å². The zero-order valence-corrected chi connectivity index (χ0v) is 12.3. The van der Waals surface area contributed by atoms with E-state index in [2.05, 4.69) is 12.0 Å². The summed E-state index contributed by atoms with van der Waals surface area (Å²) < 4.78 is 1.76. The molecule has 2 rings (SSSR count). The third kappa shape index (κ3) is 3.07. The van der Waals surface area contributed by atoms with Gasteiger partial charge in [0.05, 0.1) is 5.69 Å². The topological polar surface area (TPSA) is 38.1 Å². The smallest absolute Gasteiger partial charge is 0.274 e. The van der Waals surface area contributed by atoms with E-state index < -0.39 is 0 Å². The Morgan fingerprint density at radius 2 is 2.00 bits per heavy atom.